The van der Waals surface area contributed by atoms with E-state index in [0.717, 1.165) is 0 Å². The van der Waals surface area contributed by atoms with Gasteiger partial charge in [0.2, 0.25) is 0 Å². The average Bonchev–Trinajstić information content (AvgIpc) is 2.35. The highest BCUT2D eigenvalue weighted by atomic mass is 35.5. The van der Waals surface area contributed by atoms with Gasteiger partial charge in [0.05, 0.1) is 23.3 Å². The lowest BCUT2D eigenvalue weighted by Crippen LogP contribution is -2.16. The molecule has 0 saturated heterocycles. The summed E-state index contributed by atoms with van der Waals surface area (Å²) in [6, 6.07) is 2.85. The number of carbonyl (C=O) groups excluding carboxylic acids is 1. The molecule has 1 rings (SSSR count). The molecule has 0 bridgehead atoms. The molecule has 0 radical (unpaired) electrons. The van der Waals surface area contributed by atoms with Crippen molar-refractivity contribution in [1.29, 1.82) is 0 Å². The second-order valence-corrected chi connectivity index (χ2v) is 4.35. The van der Waals surface area contributed by atoms with Gasteiger partial charge in [0.15, 0.2) is 5.82 Å². The van der Waals surface area contributed by atoms with Gasteiger partial charge in [-0.05, 0) is 19.1 Å². The summed E-state index contributed by atoms with van der Waals surface area (Å²) in [5, 5.41) is 2.84. The van der Waals surface area contributed by atoms with Crippen LogP contribution in [0.4, 0.5) is 10.1 Å². The summed E-state index contributed by atoms with van der Waals surface area (Å²) in [5.41, 5.74) is 0.580. The van der Waals surface area contributed by atoms with Gasteiger partial charge < -0.3 is 14.8 Å². The van der Waals surface area contributed by atoms with E-state index in [9.17, 15) is 9.18 Å². The van der Waals surface area contributed by atoms with Crippen LogP contribution < -0.4 is 5.32 Å². The maximum Gasteiger partial charge on any atom is 0.332 e. The zero-order valence-electron chi connectivity index (χ0n) is 10.3. The van der Waals surface area contributed by atoms with Crippen molar-refractivity contribution in [3.8, 4) is 0 Å². The fourth-order valence-corrected chi connectivity index (χ4v) is 1.77. The summed E-state index contributed by atoms with van der Waals surface area (Å²) < 4.78 is 22.9. The van der Waals surface area contributed by atoms with E-state index in [1.807, 2.05) is 0 Å². The molecule has 106 valence electrons. The first kappa shape index (κ1) is 16.0. The minimum absolute atomic E-state index is 0.0533. The quantitative estimate of drug-likeness (QED) is 0.477. The summed E-state index contributed by atoms with van der Waals surface area (Å²) in [6.45, 7) is 2.68. The number of anilines is 1. The highest BCUT2D eigenvalue weighted by Gasteiger charge is 2.07. The first-order chi connectivity index (χ1) is 9.04. The second kappa shape index (κ2) is 8.19. The number of hydrogen-bond donors (Lipinski definition) is 1. The second-order valence-electron chi connectivity index (χ2n) is 3.54. The molecule has 0 atom stereocenters. The number of ether oxygens (including phenoxy) is 2. The SMILES string of the molecule is CCOC(=O)COCCNc1cc(Cl)c(F)c(Cl)c1. The van der Waals surface area contributed by atoms with Crippen LogP contribution in [0.1, 0.15) is 6.92 Å². The molecule has 0 spiro atoms. The number of hydrogen-bond acceptors (Lipinski definition) is 4. The minimum Gasteiger partial charge on any atom is -0.464 e. The maximum absolute atomic E-state index is 13.1. The molecule has 1 aromatic carbocycles. The van der Waals surface area contributed by atoms with E-state index >= 15 is 0 Å². The van der Waals surface area contributed by atoms with Crippen molar-refractivity contribution < 1.29 is 18.7 Å². The van der Waals surface area contributed by atoms with Gasteiger partial charge >= 0.3 is 5.97 Å². The van der Waals surface area contributed by atoms with Gasteiger partial charge in [-0.15, -0.1) is 0 Å². The normalized spacial score (nSPS) is 10.3. The Kier molecular flexibility index (Phi) is 6.91. The zero-order valence-corrected chi connectivity index (χ0v) is 11.9. The summed E-state index contributed by atoms with van der Waals surface area (Å²) in [5.74, 6) is -1.05. The predicted octanol–water partition coefficient (Wildman–Crippen LogP) is 3.12. The van der Waals surface area contributed by atoms with E-state index in [-0.39, 0.29) is 16.7 Å². The Bertz CT molecular complexity index is 420. The highest BCUT2D eigenvalue weighted by molar-refractivity contribution is 6.35. The Labute approximate surface area is 120 Å². The van der Waals surface area contributed by atoms with Crippen molar-refractivity contribution in [1.82, 2.24) is 0 Å². The Morgan fingerprint density at radius 2 is 2.00 bits per heavy atom. The topological polar surface area (TPSA) is 47.6 Å². The van der Waals surface area contributed by atoms with E-state index in [1.54, 1.807) is 6.92 Å². The molecule has 0 fully saturated rings. The van der Waals surface area contributed by atoms with Crippen molar-refractivity contribution >= 4 is 34.9 Å². The van der Waals surface area contributed by atoms with Gasteiger partial charge in [0.1, 0.15) is 6.61 Å². The van der Waals surface area contributed by atoms with Gasteiger partial charge in [-0.2, -0.15) is 0 Å². The fraction of sp³-hybridized carbons (Fsp3) is 0.417. The van der Waals surface area contributed by atoms with Crippen LogP contribution in [0.5, 0.6) is 0 Å². The van der Waals surface area contributed by atoms with Crippen molar-refractivity contribution in [2.24, 2.45) is 0 Å². The van der Waals surface area contributed by atoms with Crippen LogP contribution in [-0.4, -0.2) is 32.3 Å². The molecule has 0 unspecified atom stereocenters. The number of esters is 1. The summed E-state index contributed by atoms with van der Waals surface area (Å²) >= 11 is 11.3. The molecule has 0 aliphatic heterocycles. The number of nitrogens with one attached hydrogen (secondary N) is 1. The molecule has 1 N–H and O–H groups in total. The molecule has 7 heteroatoms. The first-order valence-electron chi connectivity index (χ1n) is 5.66. The molecular formula is C12H14Cl2FNO3. The maximum atomic E-state index is 13.1. The zero-order chi connectivity index (χ0) is 14.3. The first-order valence-corrected chi connectivity index (χ1v) is 6.42. The van der Waals surface area contributed by atoms with E-state index in [0.29, 0.717) is 25.4 Å². The third kappa shape index (κ3) is 5.63. The molecule has 0 aliphatic carbocycles. The summed E-state index contributed by atoms with van der Waals surface area (Å²) in [7, 11) is 0. The largest absolute Gasteiger partial charge is 0.464 e. The lowest BCUT2D eigenvalue weighted by Gasteiger charge is -2.08. The van der Waals surface area contributed by atoms with Crippen LogP contribution in [0.25, 0.3) is 0 Å². The van der Waals surface area contributed by atoms with Crippen molar-refractivity contribution in [3.63, 3.8) is 0 Å². The fourth-order valence-electron chi connectivity index (χ4n) is 1.28. The average molecular weight is 310 g/mol. The van der Waals surface area contributed by atoms with E-state index < -0.39 is 11.8 Å². The van der Waals surface area contributed by atoms with Gasteiger partial charge in [-0.1, -0.05) is 23.2 Å². The molecule has 0 saturated carbocycles. The summed E-state index contributed by atoms with van der Waals surface area (Å²) in [4.78, 5) is 11.0. The Morgan fingerprint density at radius 1 is 1.37 bits per heavy atom. The molecule has 0 aromatic heterocycles. The number of carbonyl (C=O) groups is 1. The Balaban J connectivity index is 2.28. The van der Waals surface area contributed by atoms with Crippen LogP contribution in [0.2, 0.25) is 10.0 Å². The van der Waals surface area contributed by atoms with E-state index in [2.05, 4.69) is 5.32 Å². The lowest BCUT2D eigenvalue weighted by molar-refractivity contribution is -0.148. The Hall–Kier alpha value is -1.04. The standard InChI is InChI=1S/C12H14Cl2FNO3/c1-2-19-11(17)7-18-4-3-16-8-5-9(13)12(15)10(14)6-8/h5-6,16H,2-4,7H2,1H3. The van der Waals surface area contributed by atoms with Crippen molar-refractivity contribution in [2.75, 3.05) is 31.7 Å². The molecule has 4 nitrogen and oxygen atoms in total. The molecule has 1 aromatic rings. The predicted molar refractivity (Wildman–Crippen MR) is 72.4 cm³/mol. The van der Waals surface area contributed by atoms with Crippen LogP contribution in [0.3, 0.4) is 0 Å². The number of rotatable bonds is 7. The summed E-state index contributed by atoms with van der Waals surface area (Å²) in [6.07, 6.45) is 0. The smallest absolute Gasteiger partial charge is 0.332 e. The van der Waals surface area contributed by atoms with Gasteiger partial charge in [-0.3, -0.25) is 0 Å². The van der Waals surface area contributed by atoms with Crippen molar-refractivity contribution in [2.45, 2.75) is 6.92 Å². The highest BCUT2D eigenvalue weighted by Crippen LogP contribution is 2.27. The van der Waals surface area contributed by atoms with Gasteiger partial charge in [-0.25, -0.2) is 9.18 Å². The van der Waals surface area contributed by atoms with Crippen molar-refractivity contribution in [3.05, 3.63) is 28.0 Å². The monoisotopic (exact) mass is 309 g/mol. The van der Waals surface area contributed by atoms with E-state index in [1.165, 1.54) is 12.1 Å². The molecule has 19 heavy (non-hydrogen) atoms. The van der Waals surface area contributed by atoms with E-state index in [4.69, 9.17) is 32.7 Å². The molecule has 0 heterocycles. The lowest BCUT2D eigenvalue weighted by atomic mass is 10.3. The number of halogens is 3. The van der Waals surface area contributed by atoms with Crippen LogP contribution in [-0.2, 0) is 14.3 Å². The molecular weight excluding hydrogens is 296 g/mol. The molecule has 0 amide bonds. The minimum atomic E-state index is -0.646. The van der Waals surface area contributed by atoms with Gasteiger partial charge in [0.25, 0.3) is 0 Å². The van der Waals surface area contributed by atoms with Crippen LogP contribution in [0, 0.1) is 5.82 Å². The van der Waals surface area contributed by atoms with Gasteiger partial charge in [0, 0.05) is 12.2 Å². The third-order valence-corrected chi connectivity index (χ3v) is 2.63. The third-order valence-electron chi connectivity index (χ3n) is 2.08. The van der Waals surface area contributed by atoms with Crippen LogP contribution >= 0.6 is 23.2 Å². The molecule has 0 aliphatic rings. The van der Waals surface area contributed by atoms with Crippen LogP contribution in [0.15, 0.2) is 12.1 Å². The Morgan fingerprint density at radius 3 is 2.58 bits per heavy atom. The number of benzene rings is 1.